The fourth-order valence-corrected chi connectivity index (χ4v) is 2.76. The van der Waals surface area contributed by atoms with Gasteiger partial charge in [-0.2, -0.15) is 10.4 Å². The Morgan fingerprint density at radius 3 is 3.04 bits per heavy atom. The summed E-state index contributed by atoms with van der Waals surface area (Å²) in [6.45, 7) is 1.54. The zero-order valence-electron chi connectivity index (χ0n) is 13.2. The molecule has 0 aliphatic heterocycles. The number of hydrogen-bond donors (Lipinski definition) is 2. The van der Waals surface area contributed by atoms with Gasteiger partial charge < -0.3 is 10.1 Å². The molecule has 4 aromatic heterocycles. The van der Waals surface area contributed by atoms with Crippen LogP contribution in [0.2, 0.25) is 0 Å². The number of H-pyrrole nitrogens is 1. The maximum atomic E-state index is 12.1. The number of nitriles is 1. The molecule has 9 heteroatoms. The van der Waals surface area contributed by atoms with Gasteiger partial charge in [-0.05, 0) is 19.1 Å². The molecule has 0 bridgehead atoms. The molecule has 0 fully saturated rings. The molecule has 0 saturated heterocycles. The van der Waals surface area contributed by atoms with Crippen LogP contribution in [0.25, 0.3) is 28.1 Å². The number of nitrogens with zero attached hydrogens (tertiary/aromatic N) is 6. The van der Waals surface area contributed by atoms with Gasteiger partial charge >= 0.3 is 5.69 Å². The zero-order valence-corrected chi connectivity index (χ0v) is 13.2. The number of aliphatic hydroxyl groups is 1. The Bertz CT molecular complexity index is 1190. The summed E-state index contributed by atoms with van der Waals surface area (Å²) < 4.78 is 3.03. The van der Waals surface area contributed by atoms with Crippen LogP contribution in [0.1, 0.15) is 18.5 Å². The van der Waals surface area contributed by atoms with Crippen LogP contribution < -0.4 is 5.69 Å². The molecular formula is C16H13N7O2. The maximum absolute atomic E-state index is 12.1. The molecule has 0 spiro atoms. The second kappa shape index (κ2) is 5.54. The Labute approximate surface area is 140 Å². The van der Waals surface area contributed by atoms with Gasteiger partial charge in [0.1, 0.15) is 5.52 Å². The fraction of sp³-hybridized carbons (Fsp3) is 0.188. The minimum atomic E-state index is -0.418. The first-order valence-corrected chi connectivity index (χ1v) is 7.58. The topological polar surface area (TPSA) is 125 Å². The van der Waals surface area contributed by atoms with Crippen molar-refractivity contribution in [3.63, 3.8) is 0 Å². The molecule has 9 nitrogen and oxygen atoms in total. The van der Waals surface area contributed by atoms with E-state index in [1.54, 1.807) is 36.0 Å². The van der Waals surface area contributed by atoms with Gasteiger partial charge in [0.05, 0.1) is 47.8 Å². The first-order chi connectivity index (χ1) is 12.1. The molecule has 1 atom stereocenters. The maximum Gasteiger partial charge on any atom is 0.328 e. The predicted octanol–water partition coefficient (Wildman–Crippen LogP) is 0.859. The minimum absolute atomic E-state index is 0.186. The number of aliphatic hydroxyl groups excluding tert-OH is 1. The standard InChI is InChI=1S/C16H13N7O2/c1-9(8-24)23-15-12(20-16(23)25)7-18-14(21-15)11-6-19-22-3-2-10(5-17)4-13(11)22/h2-4,6-7,9,24H,8H2,1H3,(H,20,25). The van der Waals surface area contributed by atoms with Crippen molar-refractivity contribution in [2.75, 3.05) is 6.61 Å². The molecule has 0 saturated carbocycles. The Morgan fingerprint density at radius 1 is 1.44 bits per heavy atom. The summed E-state index contributed by atoms with van der Waals surface area (Å²) in [5.41, 5.74) is 2.39. The van der Waals surface area contributed by atoms with Crippen molar-refractivity contribution in [1.82, 2.24) is 29.1 Å². The highest BCUT2D eigenvalue weighted by Gasteiger charge is 2.17. The van der Waals surface area contributed by atoms with Crippen LogP contribution in [0, 0.1) is 11.3 Å². The van der Waals surface area contributed by atoms with E-state index >= 15 is 0 Å². The Morgan fingerprint density at radius 2 is 2.28 bits per heavy atom. The van der Waals surface area contributed by atoms with E-state index in [1.165, 1.54) is 10.8 Å². The lowest BCUT2D eigenvalue weighted by Gasteiger charge is -2.09. The van der Waals surface area contributed by atoms with E-state index in [0.29, 0.717) is 33.6 Å². The summed E-state index contributed by atoms with van der Waals surface area (Å²) in [6.07, 6.45) is 4.83. The number of aromatic nitrogens is 6. The van der Waals surface area contributed by atoms with E-state index < -0.39 is 6.04 Å². The van der Waals surface area contributed by atoms with E-state index in [2.05, 4.69) is 26.1 Å². The number of pyridine rings is 1. The van der Waals surface area contributed by atoms with Crippen molar-refractivity contribution in [3.8, 4) is 17.5 Å². The van der Waals surface area contributed by atoms with Crippen LogP contribution in [0.5, 0.6) is 0 Å². The van der Waals surface area contributed by atoms with Gasteiger partial charge in [-0.1, -0.05) is 0 Å². The van der Waals surface area contributed by atoms with E-state index in [1.807, 2.05) is 0 Å². The predicted molar refractivity (Wildman–Crippen MR) is 88.8 cm³/mol. The van der Waals surface area contributed by atoms with E-state index in [4.69, 9.17) is 5.26 Å². The van der Waals surface area contributed by atoms with Gasteiger partial charge in [0, 0.05) is 6.20 Å². The largest absolute Gasteiger partial charge is 0.394 e. The van der Waals surface area contributed by atoms with Crippen LogP contribution >= 0.6 is 0 Å². The van der Waals surface area contributed by atoms with Gasteiger partial charge in [-0.15, -0.1) is 0 Å². The molecule has 4 rings (SSSR count). The molecule has 1 unspecified atom stereocenters. The summed E-state index contributed by atoms with van der Waals surface area (Å²) >= 11 is 0. The van der Waals surface area contributed by atoms with Gasteiger partial charge in [-0.25, -0.2) is 19.3 Å². The quantitative estimate of drug-likeness (QED) is 0.572. The second-order valence-electron chi connectivity index (χ2n) is 5.68. The van der Waals surface area contributed by atoms with Crippen LogP contribution in [0.15, 0.2) is 35.5 Å². The van der Waals surface area contributed by atoms with Gasteiger partial charge in [0.2, 0.25) is 0 Å². The normalized spacial score (nSPS) is 12.5. The van der Waals surface area contributed by atoms with Crippen LogP contribution in [0.4, 0.5) is 0 Å². The summed E-state index contributed by atoms with van der Waals surface area (Å²) in [4.78, 5) is 23.6. The van der Waals surface area contributed by atoms with Crippen molar-refractivity contribution in [3.05, 3.63) is 46.8 Å². The number of hydrogen-bond acceptors (Lipinski definition) is 6. The zero-order chi connectivity index (χ0) is 17.6. The number of rotatable bonds is 3. The summed E-state index contributed by atoms with van der Waals surface area (Å²) in [5, 5.41) is 22.7. The molecule has 25 heavy (non-hydrogen) atoms. The highest BCUT2D eigenvalue weighted by molar-refractivity contribution is 5.80. The molecule has 4 heterocycles. The second-order valence-corrected chi connectivity index (χ2v) is 5.68. The van der Waals surface area contributed by atoms with E-state index in [0.717, 1.165) is 0 Å². The summed E-state index contributed by atoms with van der Waals surface area (Å²) in [7, 11) is 0. The van der Waals surface area contributed by atoms with E-state index in [9.17, 15) is 9.90 Å². The molecule has 124 valence electrons. The molecule has 4 aromatic rings. The van der Waals surface area contributed by atoms with Crippen molar-refractivity contribution in [1.29, 1.82) is 5.26 Å². The molecule has 0 radical (unpaired) electrons. The lowest BCUT2D eigenvalue weighted by atomic mass is 10.2. The number of aromatic amines is 1. The third-order valence-electron chi connectivity index (χ3n) is 4.05. The van der Waals surface area contributed by atoms with Crippen LogP contribution in [-0.4, -0.2) is 40.8 Å². The molecule has 0 aliphatic rings. The average molecular weight is 335 g/mol. The lowest BCUT2D eigenvalue weighted by Crippen LogP contribution is -2.22. The highest BCUT2D eigenvalue weighted by Crippen LogP contribution is 2.23. The Kier molecular flexibility index (Phi) is 3.33. The summed E-state index contributed by atoms with van der Waals surface area (Å²) in [5.74, 6) is 0.385. The van der Waals surface area contributed by atoms with Crippen molar-refractivity contribution in [2.45, 2.75) is 13.0 Å². The molecule has 0 amide bonds. The number of imidazole rings is 1. The molecule has 0 aliphatic carbocycles. The summed E-state index contributed by atoms with van der Waals surface area (Å²) in [6, 6.07) is 5.05. The lowest BCUT2D eigenvalue weighted by molar-refractivity contribution is 0.238. The number of nitrogens with one attached hydrogen (secondary N) is 1. The van der Waals surface area contributed by atoms with Crippen molar-refractivity contribution in [2.24, 2.45) is 0 Å². The minimum Gasteiger partial charge on any atom is -0.394 e. The number of fused-ring (bicyclic) bond motifs is 2. The third-order valence-corrected chi connectivity index (χ3v) is 4.05. The van der Waals surface area contributed by atoms with Gasteiger partial charge in [0.15, 0.2) is 11.5 Å². The van der Waals surface area contributed by atoms with Crippen LogP contribution in [-0.2, 0) is 0 Å². The third kappa shape index (κ3) is 2.28. The fourth-order valence-electron chi connectivity index (χ4n) is 2.76. The first kappa shape index (κ1) is 15.0. The average Bonchev–Trinajstić information content (AvgIpc) is 3.19. The van der Waals surface area contributed by atoms with Gasteiger partial charge in [0.25, 0.3) is 0 Å². The first-order valence-electron chi connectivity index (χ1n) is 7.58. The Hall–Kier alpha value is -3.51. The SMILES string of the molecule is CC(CO)n1c(=O)[nH]c2cnc(-c3cnn4ccc(C#N)cc34)nc21. The Balaban J connectivity index is 1.96. The van der Waals surface area contributed by atoms with E-state index in [-0.39, 0.29) is 12.3 Å². The highest BCUT2D eigenvalue weighted by atomic mass is 16.3. The molecular weight excluding hydrogens is 322 g/mol. The van der Waals surface area contributed by atoms with Gasteiger partial charge in [-0.3, -0.25) is 4.57 Å². The molecule has 0 aromatic carbocycles. The van der Waals surface area contributed by atoms with Crippen molar-refractivity contribution < 1.29 is 5.11 Å². The van der Waals surface area contributed by atoms with Crippen LogP contribution in [0.3, 0.4) is 0 Å². The molecule has 2 N–H and O–H groups in total. The smallest absolute Gasteiger partial charge is 0.328 e. The monoisotopic (exact) mass is 335 g/mol. The van der Waals surface area contributed by atoms with Crippen molar-refractivity contribution >= 4 is 16.7 Å².